The average molecular weight is 410 g/mol. The van der Waals surface area contributed by atoms with E-state index in [1.54, 1.807) is 18.3 Å². The van der Waals surface area contributed by atoms with Gasteiger partial charge in [-0.3, -0.25) is 9.88 Å². The van der Waals surface area contributed by atoms with Crippen LogP contribution in [0.1, 0.15) is 24.0 Å². The molecule has 0 amide bonds. The molecule has 4 rings (SSSR count). The molecule has 152 valence electrons. The lowest BCUT2D eigenvalue weighted by molar-refractivity contribution is 0.169. The molecule has 1 saturated heterocycles. The molecule has 1 fully saturated rings. The highest BCUT2D eigenvalue weighted by Crippen LogP contribution is 2.25. The van der Waals surface area contributed by atoms with Gasteiger partial charge in [-0.25, -0.2) is 13.1 Å². The summed E-state index contributed by atoms with van der Waals surface area (Å²) >= 11 is 0. The molecule has 1 aliphatic heterocycles. The first-order valence-electron chi connectivity index (χ1n) is 10.1. The van der Waals surface area contributed by atoms with E-state index in [4.69, 9.17) is 0 Å². The van der Waals surface area contributed by atoms with E-state index in [1.807, 2.05) is 25.1 Å². The lowest BCUT2D eigenvalue weighted by Crippen LogP contribution is -2.40. The van der Waals surface area contributed by atoms with Crippen LogP contribution < -0.4 is 4.72 Å². The Hall–Kier alpha value is -2.28. The first-order valence-corrected chi connectivity index (χ1v) is 11.6. The smallest absolute Gasteiger partial charge is 0.241 e. The van der Waals surface area contributed by atoms with Crippen molar-refractivity contribution in [1.29, 1.82) is 0 Å². The first kappa shape index (κ1) is 20.0. The Morgan fingerprint density at radius 3 is 2.76 bits per heavy atom. The van der Waals surface area contributed by atoms with Crippen molar-refractivity contribution in [3.05, 3.63) is 71.9 Å². The summed E-state index contributed by atoms with van der Waals surface area (Å²) in [4.78, 5) is 7.08. The average Bonchev–Trinajstić information content (AvgIpc) is 2.74. The standard InChI is InChI=1S/C23H27N3O2S/c1-18-11-12-22(21-10-5-13-24-23(18)21)29(27,28)25-15-20-9-6-14-26(17-20)16-19-7-3-2-4-8-19/h2-5,7-8,10-13,20,25H,6,9,14-17H2,1H3. The number of sulfonamides is 1. The van der Waals surface area contributed by atoms with E-state index in [-0.39, 0.29) is 0 Å². The number of aryl methyl sites for hydroxylation is 1. The summed E-state index contributed by atoms with van der Waals surface area (Å²) in [6.07, 6.45) is 3.84. The Bertz CT molecular complexity index is 1080. The fourth-order valence-corrected chi connectivity index (χ4v) is 5.44. The number of pyridine rings is 1. The Kier molecular flexibility index (Phi) is 5.94. The molecule has 1 N–H and O–H groups in total. The quantitative estimate of drug-likeness (QED) is 0.674. The molecule has 0 bridgehead atoms. The maximum absolute atomic E-state index is 13.0. The summed E-state index contributed by atoms with van der Waals surface area (Å²) in [5, 5.41) is 0.675. The van der Waals surface area contributed by atoms with Crippen LogP contribution in [-0.4, -0.2) is 37.9 Å². The summed E-state index contributed by atoms with van der Waals surface area (Å²) in [7, 11) is -3.59. The molecule has 0 spiro atoms. The zero-order chi connectivity index (χ0) is 20.3. The molecule has 5 nitrogen and oxygen atoms in total. The monoisotopic (exact) mass is 409 g/mol. The molecule has 29 heavy (non-hydrogen) atoms. The van der Waals surface area contributed by atoms with Crippen molar-refractivity contribution in [2.75, 3.05) is 19.6 Å². The molecule has 1 atom stereocenters. The minimum Gasteiger partial charge on any atom is -0.299 e. The van der Waals surface area contributed by atoms with Gasteiger partial charge in [-0.15, -0.1) is 0 Å². The van der Waals surface area contributed by atoms with E-state index in [0.29, 0.717) is 22.7 Å². The van der Waals surface area contributed by atoms with E-state index in [1.165, 1.54) is 5.56 Å². The van der Waals surface area contributed by atoms with Crippen molar-refractivity contribution in [3.63, 3.8) is 0 Å². The van der Waals surface area contributed by atoms with Crippen LogP contribution >= 0.6 is 0 Å². The molecule has 6 heteroatoms. The van der Waals surface area contributed by atoms with E-state index in [2.05, 4.69) is 38.9 Å². The van der Waals surface area contributed by atoms with Gasteiger partial charge < -0.3 is 0 Å². The number of nitrogens with one attached hydrogen (secondary N) is 1. The summed E-state index contributed by atoms with van der Waals surface area (Å²) in [6, 6.07) is 17.6. The highest BCUT2D eigenvalue weighted by molar-refractivity contribution is 7.89. The number of fused-ring (bicyclic) bond motifs is 1. The van der Waals surface area contributed by atoms with Gasteiger partial charge in [0.25, 0.3) is 0 Å². The largest absolute Gasteiger partial charge is 0.299 e. The number of nitrogens with zero attached hydrogens (tertiary/aromatic N) is 2. The van der Waals surface area contributed by atoms with E-state index >= 15 is 0 Å². The van der Waals surface area contributed by atoms with Crippen LogP contribution in [0, 0.1) is 12.8 Å². The Labute approximate surface area is 172 Å². The highest BCUT2D eigenvalue weighted by Gasteiger charge is 2.24. The number of hydrogen-bond acceptors (Lipinski definition) is 4. The van der Waals surface area contributed by atoms with E-state index in [9.17, 15) is 8.42 Å². The van der Waals surface area contributed by atoms with Crippen molar-refractivity contribution >= 4 is 20.9 Å². The number of aromatic nitrogens is 1. The van der Waals surface area contributed by atoms with Crippen LogP contribution in [0.15, 0.2) is 65.7 Å². The van der Waals surface area contributed by atoms with Crippen molar-refractivity contribution < 1.29 is 8.42 Å². The van der Waals surface area contributed by atoms with Gasteiger partial charge >= 0.3 is 0 Å². The van der Waals surface area contributed by atoms with Gasteiger partial charge in [0.1, 0.15) is 0 Å². The lowest BCUT2D eigenvalue weighted by Gasteiger charge is -2.32. The van der Waals surface area contributed by atoms with Gasteiger partial charge in [0.05, 0.1) is 10.4 Å². The van der Waals surface area contributed by atoms with E-state index < -0.39 is 10.0 Å². The minimum atomic E-state index is -3.59. The van der Waals surface area contributed by atoms with Gasteiger partial charge in [-0.05, 0) is 61.6 Å². The highest BCUT2D eigenvalue weighted by atomic mass is 32.2. The maximum Gasteiger partial charge on any atom is 0.241 e. The van der Waals surface area contributed by atoms with Crippen LogP contribution in [0.25, 0.3) is 10.9 Å². The summed E-state index contributed by atoms with van der Waals surface area (Å²) in [5.74, 6) is 0.317. The summed E-state index contributed by atoms with van der Waals surface area (Å²) < 4.78 is 28.9. The van der Waals surface area contributed by atoms with Gasteiger partial charge in [-0.1, -0.05) is 36.4 Å². The van der Waals surface area contributed by atoms with Gasteiger partial charge in [0.2, 0.25) is 10.0 Å². The second-order valence-electron chi connectivity index (χ2n) is 7.86. The zero-order valence-corrected chi connectivity index (χ0v) is 17.5. The first-order chi connectivity index (χ1) is 14.0. The number of piperidine rings is 1. The van der Waals surface area contributed by atoms with Crippen molar-refractivity contribution in [2.24, 2.45) is 5.92 Å². The molecule has 3 aromatic rings. The maximum atomic E-state index is 13.0. The third kappa shape index (κ3) is 4.66. The van der Waals surface area contributed by atoms with Crippen molar-refractivity contribution in [3.8, 4) is 0 Å². The number of benzene rings is 2. The second kappa shape index (κ2) is 8.61. The molecule has 0 aliphatic carbocycles. The van der Waals surface area contributed by atoms with E-state index in [0.717, 1.165) is 43.6 Å². The Morgan fingerprint density at radius 2 is 1.93 bits per heavy atom. The molecular formula is C23H27N3O2S. The lowest BCUT2D eigenvalue weighted by atomic mass is 9.98. The SMILES string of the molecule is Cc1ccc(S(=O)(=O)NCC2CCCN(Cc3ccccc3)C2)c2cccnc12. The fourth-order valence-electron chi connectivity index (χ4n) is 4.13. The molecule has 0 saturated carbocycles. The molecule has 2 heterocycles. The predicted molar refractivity (Wildman–Crippen MR) is 116 cm³/mol. The summed E-state index contributed by atoms with van der Waals surface area (Å²) in [6.45, 7) is 5.30. The molecule has 1 aliphatic rings. The predicted octanol–water partition coefficient (Wildman–Crippen LogP) is 3.73. The molecule has 1 unspecified atom stereocenters. The third-order valence-corrected chi connectivity index (χ3v) is 7.12. The number of likely N-dealkylation sites (tertiary alicyclic amines) is 1. The summed E-state index contributed by atoms with van der Waals surface area (Å²) in [5.41, 5.74) is 3.01. The van der Waals surface area contributed by atoms with Crippen LogP contribution in [0.4, 0.5) is 0 Å². The second-order valence-corrected chi connectivity index (χ2v) is 9.60. The Balaban J connectivity index is 1.44. The molecule has 0 radical (unpaired) electrons. The third-order valence-electron chi connectivity index (χ3n) is 5.64. The van der Waals surface area contributed by atoms with Gasteiger partial charge in [0, 0.05) is 31.2 Å². The van der Waals surface area contributed by atoms with Crippen LogP contribution in [0.5, 0.6) is 0 Å². The van der Waals surface area contributed by atoms with Crippen LogP contribution in [0.2, 0.25) is 0 Å². The molecule has 1 aromatic heterocycles. The van der Waals surface area contributed by atoms with Crippen molar-refractivity contribution in [2.45, 2.75) is 31.2 Å². The Morgan fingerprint density at radius 1 is 1.10 bits per heavy atom. The van der Waals surface area contributed by atoms with Crippen LogP contribution in [0.3, 0.4) is 0 Å². The molecule has 2 aromatic carbocycles. The number of rotatable bonds is 6. The van der Waals surface area contributed by atoms with Crippen molar-refractivity contribution in [1.82, 2.24) is 14.6 Å². The topological polar surface area (TPSA) is 62.3 Å². The fraction of sp³-hybridized carbons (Fsp3) is 0.348. The number of hydrogen-bond donors (Lipinski definition) is 1. The van der Waals surface area contributed by atoms with Gasteiger partial charge in [0.15, 0.2) is 0 Å². The van der Waals surface area contributed by atoms with Gasteiger partial charge in [-0.2, -0.15) is 0 Å². The van der Waals surface area contributed by atoms with Crippen LogP contribution in [-0.2, 0) is 16.6 Å². The normalized spacial score (nSPS) is 18.2. The zero-order valence-electron chi connectivity index (χ0n) is 16.7. The molecular weight excluding hydrogens is 382 g/mol. The minimum absolute atomic E-state index is 0.308.